The molecule has 0 fully saturated rings. The van der Waals surface area contributed by atoms with Crippen molar-refractivity contribution < 1.29 is 0 Å². The number of aryl methyl sites for hydroxylation is 1. The fraction of sp³-hybridized carbons (Fsp3) is 0.615. The number of aromatic nitrogens is 2. The normalized spacial score (nSPS) is 11.4. The first-order valence-corrected chi connectivity index (χ1v) is 5.72. The van der Waals surface area contributed by atoms with Crippen LogP contribution in [-0.2, 0) is 13.1 Å². The standard InChI is InChI=1S/C13H21N3/c1-5-6-7-10-16-12(8-9-15-16)11-14-13(2,3)4/h1,8-9,14H,6-7,10-11H2,2-4H3. The first kappa shape index (κ1) is 12.8. The molecule has 0 aliphatic rings. The van der Waals surface area contributed by atoms with Crippen LogP contribution in [0.15, 0.2) is 12.3 Å². The average molecular weight is 219 g/mol. The van der Waals surface area contributed by atoms with Crippen LogP contribution in [0.1, 0.15) is 39.3 Å². The van der Waals surface area contributed by atoms with E-state index in [1.807, 2.05) is 10.9 Å². The van der Waals surface area contributed by atoms with Crippen LogP contribution in [0.5, 0.6) is 0 Å². The topological polar surface area (TPSA) is 29.9 Å². The van der Waals surface area contributed by atoms with Crippen molar-refractivity contribution >= 4 is 0 Å². The summed E-state index contributed by atoms with van der Waals surface area (Å²) in [6.45, 7) is 8.22. The second-order valence-corrected chi connectivity index (χ2v) is 4.96. The molecule has 1 aromatic heterocycles. The number of unbranched alkanes of at least 4 members (excludes halogenated alkanes) is 1. The zero-order valence-electron chi connectivity index (χ0n) is 10.5. The smallest absolute Gasteiger partial charge is 0.0522 e. The Morgan fingerprint density at radius 2 is 2.25 bits per heavy atom. The minimum absolute atomic E-state index is 0.133. The second kappa shape index (κ2) is 5.72. The van der Waals surface area contributed by atoms with Crippen LogP contribution >= 0.6 is 0 Å². The molecule has 0 radical (unpaired) electrons. The zero-order chi connectivity index (χ0) is 12.0. The fourth-order valence-electron chi connectivity index (χ4n) is 1.40. The Balaban J connectivity index is 2.48. The molecule has 0 spiro atoms. The first-order valence-electron chi connectivity index (χ1n) is 5.72. The molecule has 3 heteroatoms. The lowest BCUT2D eigenvalue weighted by Crippen LogP contribution is -2.35. The van der Waals surface area contributed by atoms with Gasteiger partial charge in [-0.3, -0.25) is 4.68 Å². The van der Waals surface area contributed by atoms with Crippen LogP contribution in [0.25, 0.3) is 0 Å². The molecule has 1 rings (SSSR count). The van der Waals surface area contributed by atoms with Crippen molar-refractivity contribution in [1.29, 1.82) is 0 Å². The molecule has 0 saturated heterocycles. The van der Waals surface area contributed by atoms with E-state index < -0.39 is 0 Å². The Morgan fingerprint density at radius 1 is 1.50 bits per heavy atom. The van der Waals surface area contributed by atoms with Crippen LogP contribution < -0.4 is 5.32 Å². The van der Waals surface area contributed by atoms with Gasteiger partial charge in [-0.25, -0.2) is 0 Å². The summed E-state index contributed by atoms with van der Waals surface area (Å²) in [5.74, 6) is 2.65. The molecule has 0 unspecified atom stereocenters. The van der Waals surface area contributed by atoms with Gasteiger partial charge in [0.2, 0.25) is 0 Å². The third-order valence-electron chi connectivity index (χ3n) is 2.30. The predicted octanol–water partition coefficient (Wildman–Crippen LogP) is 2.18. The van der Waals surface area contributed by atoms with E-state index in [0.717, 1.165) is 25.9 Å². The van der Waals surface area contributed by atoms with Gasteiger partial charge < -0.3 is 5.32 Å². The van der Waals surface area contributed by atoms with Crippen LogP contribution in [-0.4, -0.2) is 15.3 Å². The maximum atomic E-state index is 5.23. The van der Waals surface area contributed by atoms with Crippen molar-refractivity contribution in [3.8, 4) is 12.3 Å². The highest BCUT2D eigenvalue weighted by molar-refractivity contribution is 5.01. The highest BCUT2D eigenvalue weighted by atomic mass is 15.3. The molecular formula is C13H21N3. The quantitative estimate of drug-likeness (QED) is 0.607. The summed E-state index contributed by atoms with van der Waals surface area (Å²) in [7, 11) is 0. The molecule has 88 valence electrons. The highest BCUT2D eigenvalue weighted by Crippen LogP contribution is 2.05. The van der Waals surface area contributed by atoms with Crippen LogP contribution in [0.3, 0.4) is 0 Å². The Morgan fingerprint density at radius 3 is 2.88 bits per heavy atom. The number of nitrogens with one attached hydrogen (secondary N) is 1. The van der Waals surface area contributed by atoms with Crippen molar-refractivity contribution in [3.63, 3.8) is 0 Å². The van der Waals surface area contributed by atoms with Crippen molar-refractivity contribution in [2.75, 3.05) is 0 Å². The number of hydrogen-bond donors (Lipinski definition) is 1. The zero-order valence-corrected chi connectivity index (χ0v) is 10.5. The van der Waals surface area contributed by atoms with Gasteiger partial charge in [-0.15, -0.1) is 12.3 Å². The van der Waals surface area contributed by atoms with E-state index in [2.05, 4.69) is 43.2 Å². The van der Waals surface area contributed by atoms with Gasteiger partial charge >= 0.3 is 0 Å². The lowest BCUT2D eigenvalue weighted by molar-refractivity contribution is 0.410. The van der Waals surface area contributed by atoms with E-state index in [-0.39, 0.29) is 5.54 Å². The van der Waals surface area contributed by atoms with Gasteiger partial charge in [0.1, 0.15) is 0 Å². The molecule has 0 aromatic carbocycles. The molecule has 0 saturated carbocycles. The van der Waals surface area contributed by atoms with Crippen LogP contribution in [0, 0.1) is 12.3 Å². The van der Waals surface area contributed by atoms with E-state index in [1.165, 1.54) is 5.69 Å². The molecule has 16 heavy (non-hydrogen) atoms. The first-order chi connectivity index (χ1) is 7.53. The largest absolute Gasteiger partial charge is 0.306 e. The minimum atomic E-state index is 0.133. The van der Waals surface area contributed by atoms with Crippen LogP contribution in [0.2, 0.25) is 0 Å². The molecule has 1 aromatic rings. The highest BCUT2D eigenvalue weighted by Gasteiger charge is 2.10. The molecule has 0 aliphatic carbocycles. The summed E-state index contributed by atoms with van der Waals surface area (Å²) >= 11 is 0. The second-order valence-electron chi connectivity index (χ2n) is 4.96. The van der Waals surface area contributed by atoms with E-state index in [4.69, 9.17) is 6.42 Å². The Kier molecular flexibility index (Phi) is 4.57. The van der Waals surface area contributed by atoms with Crippen molar-refractivity contribution in [2.45, 2.75) is 52.2 Å². The molecular weight excluding hydrogens is 198 g/mol. The van der Waals surface area contributed by atoms with Crippen molar-refractivity contribution in [1.82, 2.24) is 15.1 Å². The number of terminal acetylenes is 1. The van der Waals surface area contributed by atoms with Crippen molar-refractivity contribution in [3.05, 3.63) is 18.0 Å². The van der Waals surface area contributed by atoms with Gasteiger partial charge in [0, 0.05) is 31.2 Å². The Hall–Kier alpha value is -1.27. The number of rotatable bonds is 5. The summed E-state index contributed by atoms with van der Waals surface area (Å²) in [4.78, 5) is 0. The molecule has 3 nitrogen and oxygen atoms in total. The number of nitrogens with zero attached hydrogens (tertiary/aromatic N) is 2. The van der Waals surface area contributed by atoms with Gasteiger partial charge in [0.25, 0.3) is 0 Å². The third-order valence-corrected chi connectivity index (χ3v) is 2.30. The van der Waals surface area contributed by atoms with Gasteiger partial charge in [0.15, 0.2) is 0 Å². The maximum Gasteiger partial charge on any atom is 0.0522 e. The van der Waals surface area contributed by atoms with Gasteiger partial charge in [0.05, 0.1) is 5.69 Å². The lowest BCUT2D eigenvalue weighted by atomic mass is 10.1. The lowest BCUT2D eigenvalue weighted by Gasteiger charge is -2.20. The molecule has 0 atom stereocenters. The Labute approximate surface area is 98.2 Å². The minimum Gasteiger partial charge on any atom is -0.306 e. The van der Waals surface area contributed by atoms with Crippen LogP contribution in [0.4, 0.5) is 0 Å². The average Bonchev–Trinajstić information content (AvgIpc) is 2.62. The molecule has 0 amide bonds. The predicted molar refractivity (Wildman–Crippen MR) is 66.9 cm³/mol. The maximum absolute atomic E-state index is 5.23. The monoisotopic (exact) mass is 219 g/mol. The summed E-state index contributed by atoms with van der Waals surface area (Å²) in [6.07, 6.45) is 8.87. The van der Waals surface area contributed by atoms with E-state index in [1.54, 1.807) is 0 Å². The molecule has 1 N–H and O–H groups in total. The SMILES string of the molecule is C#CCCCn1nccc1CNC(C)(C)C. The third kappa shape index (κ3) is 4.50. The number of hydrogen-bond acceptors (Lipinski definition) is 2. The Bertz CT molecular complexity index is 352. The van der Waals surface area contributed by atoms with Crippen molar-refractivity contribution in [2.24, 2.45) is 0 Å². The molecule has 0 bridgehead atoms. The molecule has 1 heterocycles. The summed E-state index contributed by atoms with van der Waals surface area (Å²) in [5.41, 5.74) is 1.35. The van der Waals surface area contributed by atoms with Gasteiger partial charge in [-0.1, -0.05) is 0 Å². The van der Waals surface area contributed by atoms with Gasteiger partial charge in [-0.2, -0.15) is 5.10 Å². The molecule has 0 aliphatic heterocycles. The summed E-state index contributed by atoms with van der Waals surface area (Å²) < 4.78 is 2.02. The summed E-state index contributed by atoms with van der Waals surface area (Å²) in [5, 5.41) is 7.75. The van der Waals surface area contributed by atoms with Gasteiger partial charge in [-0.05, 0) is 33.3 Å². The van der Waals surface area contributed by atoms with E-state index in [0.29, 0.717) is 0 Å². The fourth-order valence-corrected chi connectivity index (χ4v) is 1.40. The summed E-state index contributed by atoms with van der Waals surface area (Å²) in [6, 6.07) is 2.05. The van der Waals surface area contributed by atoms with E-state index >= 15 is 0 Å². The van der Waals surface area contributed by atoms with E-state index in [9.17, 15) is 0 Å².